The second-order valence-electron chi connectivity index (χ2n) is 7.64. The molecular weight excluding hydrogens is 362 g/mol. The Labute approximate surface area is 169 Å². The van der Waals surface area contributed by atoms with Crippen LogP contribution in [0.2, 0.25) is 0 Å². The van der Waals surface area contributed by atoms with Gasteiger partial charge in [0.15, 0.2) is 11.5 Å². The van der Waals surface area contributed by atoms with E-state index in [0.717, 1.165) is 45.6 Å². The summed E-state index contributed by atoms with van der Waals surface area (Å²) in [6, 6.07) is 16.6. The molecule has 1 aliphatic rings. The van der Waals surface area contributed by atoms with Crippen LogP contribution >= 0.6 is 0 Å². The molecule has 0 aliphatic carbocycles. The van der Waals surface area contributed by atoms with Crippen molar-refractivity contribution in [1.29, 1.82) is 0 Å². The molecule has 0 bridgehead atoms. The molecule has 2 aromatic heterocycles. The Kier molecular flexibility index (Phi) is 3.98. The van der Waals surface area contributed by atoms with Crippen LogP contribution in [0.1, 0.15) is 22.4 Å². The number of benzene rings is 2. The number of aromatic nitrogens is 2. The first-order valence-electron chi connectivity index (χ1n) is 9.74. The first-order chi connectivity index (χ1) is 14.0. The predicted octanol–water partition coefficient (Wildman–Crippen LogP) is 5.71. The van der Waals surface area contributed by atoms with Gasteiger partial charge in [0.1, 0.15) is 17.2 Å². The zero-order valence-electron chi connectivity index (χ0n) is 17.0. The number of aryl methyl sites for hydroxylation is 4. The summed E-state index contributed by atoms with van der Waals surface area (Å²) in [4.78, 5) is 4.99. The normalized spacial score (nSPS) is 12.6. The van der Waals surface area contributed by atoms with Gasteiger partial charge in [-0.3, -0.25) is 4.40 Å². The van der Waals surface area contributed by atoms with Crippen LogP contribution in [-0.2, 0) is 0 Å². The zero-order valence-corrected chi connectivity index (χ0v) is 17.0. The van der Waals surface area contributed by atoms with Crippen LogP contribution < -0.4 is 14.8 Å². The Bertz CT molecular complexity index is 1240. The maximum atomic E-state index is 5.60. The monoisotopic (exact) mass is 385 g/mol. The first kappa shape index (κ1) is 17.6. The third-order valence-electron chi connectivity index (χ3n) is 5.42. The van der Waals surface area contributed by atoms with Crippen molar-refractivity contribution < 1.29 is 9.47 Å². The molecule has 29 heavy (non-hydrogen) atoms. The van der Waals surface area contributed by atoms with Crippen molar-refractivity contribution in [1.82, 2.24) is 9.38 Å². The largest absolute Gasteiger partial charge is 0.454 e. The minimum Gasteiger partial charge on any atom is -0.454 e. The average Bonchev–Trinajstić information content (AvgIpc) is 3.28. The van der Waals surface area contributed by atoms with Gasteiger partial charge in [-0.2, -0.15) is 0 Å². The summed E-state index contributed by atoms with van der Waals surface area (Å²) >= 11 is 0. The quantitative estimate of drug-likeness (QED) is 0.491. The molecule has 0 unspecified atom stereocenters. The van der Waals surface area contributed by atoms with Crippen molar-refractivity contribution >= 4 is 17.2 Å². The number of ether oxygens (including phenoxy) is 2. The van der Waals surface area contributed by atoms with Gasteiger partial charge < -0.3 is 14.8 Å². The predicted molar refractivity (Wildman–Crippen MR) is 115 cm³/mol. The molecule has 2 aromatic carbocycles. The highest BCUT2D eigenvalue weighted by Gasteiger charge is 2.20. The highest BCUT2D eigenvalue weighted by molar-refractivity contribution is 5.82. The van der Waals surface area contributed by atoms with Gasteiger partial charge in [-0.05, 0) is 74.7 Å². The summed E-state index contributed by atoms with van der Waals surface area (Å²) in [6.07, 6.45) is 0. The van der Waals surface area contributed by atoms with Crippen LogP contribution in [0.25, 0.3) is 16.9 Å². The minimum atomic E-state index is 0.260. The summed E-state index contributed by atoms with van der Waals surface area (Å²) in [5.41, 5.74) is 8.62. The van der Waals surface area contributed by atoms with Crippen molar-refractivity contribution in [2.24, 2.45) is 0 Å². The Balaban J connectivity index is 1.75. The number of nitrogens with zero attached hydrogens (tertiary/aromatic N) is 2. The number of anilines is 2. The molecule has 0 fully saturated rings. The smallest absolute Gasteiger partial charge is 0.231 e. The van der Waals surface area contributed by atoms with E-state index in [2.05, 4.69) is 67.7 Å². The summed E-state index contributed by atoms with van der Waals surface area (Å²) < 4.78 is 13.3. The van der Waals surface area contributed by atoms with Gasteiger partial charge in [-0.25, -0.2) is 4.98 Å². The van der Waals surface area contributed by atoms with Crippen LogP contribution in [0.3, 0.4) is 0 Å². The number of nitrogens with one attached hydrogen (secondary N) is 1. The fourth-order valence-electron chi connectivity index (χ4n) is 4.02. The highest BCUT2D eigenvalue weighted by Crippen LogP contribution is 2.39. The summed E-state index contributed by atoms with van der Waals surface area (Å²) in [6.45, 7) is 8.71. The second-order valence-corrected chi connectivity index (χ2v) is 7.64. The number of fused-ring (bicyclic) bond motifs is 2. The van der Waals surface area contributed by atoms with Crippen LogP contribution in [0.15, 0.2) is 48.5 Å². The Morgan fingerprint density at radius 1 is 0.897 bits per heavy atom. The number of pyridine rings is 1. The summed E-state index contributed by atoms with van der Waals surface area (Å²) in [5, 5.41) is 3.69. The first-order valence-corrected chi connectivity index (χ1v) is 9.74. The lowest BCUT2D eigenvalue weighted by Gasteiger charge is -2.15. The van der Waals surface area contributed by atoms with Crippen molar-refractivity contribution in [3.63, 3.8) is 0 Å². The second kappa shape index (κ2) is 6.55. The fraction of sp³-hybridized carbons (Fsp3) is 0.208. The molecule has 1 N–H and O–H groups in total. The van der Waals surface area contributed by atoms with Crippen LogP contribution in [-0.4, -0.2) is 16.2 Å². The van der Waals surface area contributed by atoms with E-state index in [-0.39, 0.29) is 6.79 Å². The third-order valence-corrected chi connectivity index (χ3v) is 5.42. The molecule has 5 rings (SSSR count). The molecular formula is C24H23N3O2. The van der Waals surface area contributed by atoms with Crippen molar-refractivity contribution in [2.45, 2.75) is 27.7 Å². The van der Waals surface area contributed by atoms with E-state index in [9.17, 15) is 0 Å². The van der Waals surface area contributed by atoms with Crippen LogP contribution in [0, 0.1) is 27.7 Å². The molecule has 4 aromatic rings. The number of para-hydroxylation sites is 1. The molecule has 0 radical (unpaired) electrons. The number of hydrogen-bond acceptors (Lipinski definition) is 4. The molecule has 0 saturated carbocycles. The standard InChI is InChI=1S/C24H23N3O2/c1-14-10-17(4)27-21(11-14)25-23(18-8-9-19-20(12-18)29-13-28-19)24(27)26-22-15(2)6-5-7-16(22)3/h5-12,26H,13H2,1-4H3. The molecule has 0 amide bonds. The fourth-order valence-corrected chi connectivity index (χ4v) is 4.02. The van der Waals surface area contributed by atoms with Crippen molar-refractivity contribution in [2.75, 3.05) is 12.1 Å². The number of hydrogen-bond donors (Lipinski definition) is 1. The van der Waals surface area contributed by atoms with E-state index in [1.807, 2.05) is 18.2 Å². The maximum absolute atomic E-state index is 5.60. The molecule has 0 atom stereocenters. The maximum Gasteiger partial charge on any atom is 0.231 e. The lowest BCUT2D eigenvalue weighted by molar-refractivity contribution is 0.174. The summed E-state index contributed by atoms with van der Waals surface area (Å²) in [7, 11) is 0. The number of rotatable bonds is 3. The highest BCUT2D eigenvalue weighted by atomic mass is 16.7. The van der Waals surface area contributed by atoms with Gasteiger partial charge in [-0.15, -0.1) is 0 Å². The van der Waals surface area contributed by atoms with Gasteiger partial charge in [0.05, 0.1) is 0 Å². The van der Waals surface area contributed by atoms with Gasteiger partial charge in [-0.1, -0.05) is 18.2 Å². The topological polar surface area (TPSA) is 47.8 Å². The molecule has 0 saturated heterocycles. The average molecular weight is 385 g/mol. The molecule has 3 heterocycles. The van der Waals surface area contributed by atoms with Crippen LogP contribution in [0.5, 0.6) is 11.5 Å². The third kappa shape index (κ3) is 2.90. The van der Waals surface area contributed by atoms with E-state index in [4.69, 9.17) is 14.5 Å². The van der Waals surface area contributed by atoms with Crippen molar-refractivity contribution in [3.05, 3.63) is 70.9 Å². The van der Waals surface area contributed by atoms with E-state index in [0.29, 0.717) is 0 Å². The van der Waals surface area contributed by atoms with E-state index in [1.165, 1.54) is 16.7 Å². The van der Waals surface area contributed by atoms with Gasteiger partial charge in [0.2, 0.25) is 6.79 Å². The minimum absolute atomic E-state index is 0.260. The molecule has 5 nitrogen and oxygen atoms in total. The summed E-state index contributed by atoms with van der Waals surface area (Å²) in [5.74, 6) is 2.48. The lowest BCUT2D eigenvalue weighted by atomic mass is 10.1. The molecule has 1 aliphatic heterocycles. The van der Waals surface area contributed by atoms with Crippen molar-refractivity contribution in [3.8, 4) is 22.8 Å². The molecule has 5 heteroatoms. The molecule has 146 valence electrons. The van der Waals surface area contributed by atoms with Gasteiger partial charge >= 0.3 is 0 Å². The molecule has 0 spiro atoms. The van der Waals surface area contributed by atoms with E-state index >= 15 is 0 Å². The van der Waals surface area contributed by atoms with Gasteiger partial charge in [0, 0.05) is 16.9 Å². The SMILES string of the molecule is Cc1cc(C)n2c(Nc3c(C)cccc3C)c(-c3ccc4c(c3)OCO4)nc2c1. The van der Waals surface area contributed by atoms with E-state index in [1.54, 1.807) is 0 Å². The van der Waals surface area contributed by atoms with Crippen LogP contribution in [0.4, 0.5) is 11.5 Å². The Hall–Kier alpha value is -3.47. The Morgan fingerprint density at radius 2 is 1.66 bits per heavy atom. The number of imidazole rings is 1. The zero-order chi connectivity index (χ0) is 20.1. The lowest BCUT2D eigenvalue weighted by Crippen LogP contribution is -2.02. The van der Waals surface area contributed by atoms with Gasteiger partial charge in [0.25, 0.3) is 0 Å². The van der Waals surface area contributed by atoms with E-state index < -0.39 is 0 Å². The Morgan fingerprint density at radius 3 is 2.45 bits per heavy atom.